The largest absolute Gasteiger partial charge is 0.507 e. The van der Waals surface area contributed by atoms with Crippen LogP contribution in [0.25, 0.3) is 0 Å². The summed E-state index contributed by atoms with van der Waals surface area (Å²) in [7, 11) is 0. The molecule has 3 rings (SSSR count). The summed E-state index contributed by atoms with van der Waals surface area (Å²) in [5.74, 6) is 0.532. The van der Waals surface area contributed by atoms with Crippen molar-refractivity contribution < 1.29 is 14.6 Å². The Morgan fingerprint density at radius 3 is 3.00 bits per heavy atom. The Balaban J connectivity index is 1.91. The SMILES string of the molecule is O=C(O)OC1CCCc2nn(Cc3ccc(Cl)nc3)c(=O)n21. The van der Waals surface area contributed by atoms with Gasteiger partial charge in [-0.25, -0.2) is 23.8 Å². The van der Waals surface area contributed by atoms with E-state index in [4.69, 9.17) is 21.4 Å². The highest BCUT2D eigenvalue weighted by atomic mass is 35.5. The molecule has 0 saturated heterocycles. The van der Waals surface area contributed by atoms with E-state index < -0.39 is 18.1 Å². The van der Waals surface area contributed by atoms with Crippen LogP contribution in [0.5, 0.6) is 0 Å². The normalized spacial score (nSPS) is 17.0. The zero-order valence-corrected chi connectivity index (χ0v) is 12.2. The molecule has 116 valence electrons. The Morgan fingerprint density at radius 2 is 2.32 bits per heavy atom. The van der Waals surface area contributed by atoms with Gasteiger partial charge in [0.1, 0.15) is 11.0 Å². The molecule has 2 aromatic heterocycles. The molecule has 0 saturated carbocycles. The minimum Gasteiger partial charge on any atom is -0.450 e. The summed E-state index contributed by atoms with van der Waals surface area (Å²) in [5.41, 5.74) is 0.383. The van der Waals surface area contributed by atoms with E-state index in [-0.39, 0.29) is 6.54 Å². The van der Waals surface area contributed by atoms with Crippen molar-refractivity contribution in [2.45, 2.75) is 32.0 Å². The van der Waals surface area contributed by atoms with Gasteiger partial charge in [0.05, 0.1) is 6.54 Å². The molecule has 0 fully saturated rings. The summed E-state index contributed by atoms with van der Waals surface area (Å²) in [6, 6.07) is 3.39. The van der Waals surface area contributed by atoms with Crippen LogP contribution in [0.1, 0.15) is 30.5 Å². The molecule has 0 spiro atoms. The van der Waals surface area contributed by atoms with Crippen molar-refractivity contribution in [3.63, 3.8) is 0 Å². The van der Waals surface area contributed by atoms with Crippen LogP contribution in [0.4, 0.5) is 4.79 Å². The van der Waals surface area contributed by atoms with Crippen molar-refractivity contribution in [3.05, 3.63) is 45.4 Å². The lowest BCUT2D eigenvalue weighted by Crippen LogP contribution is -2.33. The van der Waals surface area contributed by atoms with Crippen LogP contribution in [-0.4, -0.2) is 30.6 Å². The number of aryl methyl sites for hydroxylation is 1. The maximum atomic E-state index is 12.4. The quantitative estimate of drug-likeness (QED) is 0.681. The second kappa shape index (κ2) is 5.80. The predicted molar refractivity (Wildman–Crippen MR) is 75.9 cm³/mol. The molecule has 0 amide bonds. The maximum Gasteiger partial charge on any atom is 0.507 e. The van der Waals surface area contributed by atoms with Gasteiger partial charge in [-0.2, -0.15) is 5.10 Å². The van der Waals surface area contributed by atoms with Crippen LogP contribution in [0.2, 0.25) is 5.15 Å². The fourth-order valence-electron chi connectivity index (χ4n) is 2.49. The summed E-state index contributed by atoms with van der Waals surface area (Å²) >= 11 is 5.72. The smallest absolute Gasteiger partial charge is 0.450 e. The minimum absolute atomic E-state index is 0.239. The predicted octanol–water partition coefficient (Wildman–Crippen LogP) is 1.67. The van der Waals surface area contributed by atoms with Gasteiger partial charge in [-0.15, -0.1) is 0 Å². The number of fused-ring (bicyclic) bond motifs is 1. The van der Waals surface area contributed by atoms with E-state index in [2.05, 4.69) is 10.1 Å². The van der Waals surface area contributed by atoms with Crippen LogP contribution < -0.4 is 5.69 Å². The van der Waals surface area contributed by atoms with Crippen molar-refractivity contribution in [3.8, 4) is 0 Å². The second-order valence-electron chi connectivity index (χ2n) is 4.95. The third-order valence-electron chi connectivity index (χ3n) is 3.44. The molecule has 0 aliphatic carbocycles. The first kappa shape index (κ1) is 14.6. The fourth-order valence-corrected chi connectivity index (χ4v) is 2.60. The molecule has 3 heterocycles. The van der Waals surface area contributed by atoms with E-state index in [0.717, 1.165) is 12.0 Å². The summed E-state index contributed by atoms with van der Waals surface area (Å²) in [6.07, 6.45) is 1.15. The molecule has 0 aromatic carbocycles. The van der Waals surface area contributed by atoms with Crippen LogP contribution in [-0.2, 0) is 17.7 Å². The van der Waals surface area contributed by atoms with Gasteiger partial charge < -0.3 is 9.84 Å². The third-order valence-corrected chi connectivity index (χ3v) is 3.66. The van der Waals surface area contributed by atoms with Crippen molar-refractivity contribution in [1.29, 1.82) is 0 Å². The van der Waals surface area contributed by atoms with E-state index in [0.29, 0.717) is 23.8 Å². The maximum absolute atomic E-state index is 12.4. The van der Waals surface area contributed by atoms with E-state index >= 15 is 0 Å². The third kappa shape index (κ3) is 2.82. The van der Waals surface area contributed by atoms with Gasteiger partial charge in [0, 0.05) is 19.0 Å². The first-order valence-corrected chi connectivity index (χ1v) is 7.10. The Hall–Kier alpha value is -2.35. The summed E-state index contributed by atoms with van der Waals surface area (Å²) in [4.78, 5) is 27.1. The average Bonchev–Trinajstić information content (AvgIpc) is 2.78. The molecule has 1 N–H and O–H groups in total. The van der Waals surface area contributed by atoms with E-state index in [9.17, 15) is 9.59 Å². The Kier molecular flexibility index (Phi) is 3.84. The van der Waals surface area contributed by atoms with Crippen LogP contribution >= 0.6 is 11.6 Å². The molecule has 9 heteroatoms. The number of nitrogens with zero attached hydrogens (tertiary/aromatic N) is 4. The lowest BCUT2D eigenvalue weighted by atomic mass is 10.1. The molecule has 1 aliphatic heterocycles. The van der Waals surface area contributed by atoms with Gasteiger partial charge in [0.15, 0.2) is 6.23 Å². The number of aromatic nitrogens is 4. The van der Waals surface area contributed by atoms with Crippen molar-refractivity contribution in [2.75, 3.05) is 0 Å². The number of pyridine rings is 1. The van der Waals surface area contributed by atoms with Gasteiger partial charge in [-0.05, 0) is 18.1 Å². The van der Waals surface area contributed by atoms with E-state index in [1.807, 2.05) is 0 Å². The van der Waals surface area contributed by atoms with E-state index in [1.165, 1.54) is 9.25 Å². The summed E-state index contributed by atoms with van der Waals surface area (Å²) < 4.78 is 7.36. The summed E-state index contributed by atoms with van der Waals surface area (Å²) in [6.45, 7) is 0.239. The molecule has 1 atom stereocenters. The fraction of sp³-hybridized carbons (Fsp3) is 0.385. The van der Waals surface area contributed by atoms with Crippen molar-refractivity contribution >= 4 is 17.8 Å². The number of rotatable bonds is 3. The lowest BCUT2D eigenvalue weighted by molar-refractivity contribution is 0.00392. The molecule has 8 nitrogen and oxygen atoms in total. The Labute approximate surface area is 129 Å². The molecule has 22 heavy (non-hydrogen) atoms. The van der Waals surface area contributed by atoms with Crippen LogP contribution in [0.3, 0.4) is 0 Å². The van der Waals surface area contributed by atoms with Gasteiger partial charge in [-0.3, -0.25) is 0 Å². The van der Waals surface area contributed by atoms with Gasteiger partial charge in [0.2, 0.25) is 0 Å². The molecule has 2 aromatic rings. The first-order valence-electron chi connectivity index (χ1n) is 6.73. The molecule has 0 bridgehead atoms. The molecule has 0 radical (unpaired) electrons. The zero-order valence-electron chi connectivity index (χ0n) is 11.5. The molecular weight excluding hydrogens is 312 g/mol. The number of hydrogen-bond donors (Lipinski definition) is 1. The second-order valence-corrected chi connectivity index (χ2v) is 5.33. The Morgan fingerprint density at radius 1 is 1.50 bits per heavy atom. The topological polar surface area (TPSA) is 99.2 Å². The highest BCUT2D eigenvalue weighted by Crippen LogP contribution is 2.23. The molecular formula is C13H13ClN4O4. The number of carboxylic acid groups (broad SMARTS) is 1. The highest BCUT2D eigenvalue weighted by molar-refractivity contribution is 6.29. The van der Waals surface area contributed by atoms with Crippen molar-refractivity contribution in [2.24, 2.45) is 0 Å². The molecule has 1 aliphatic rings. The highest BCUT2D eigenvalue weighted by Gasteiger charge is 2.28. The number of carbonyl (C=O) groups is 1. The number of hydrogen-bond acceptors (Lipinski definition) is 5. The average molecular weight is 325 g/mol. The zero-order chi connectivity index (χ0) is 15.7. The van der Waals surface area contributed by atoms with Crippen LogP contribution in [0.15, 0.2) is 23.1 Å². The van der Waals surface area contributed by atoms with Gasteiger partial charge in [-0.1, -0.05) is 17.7 Å². The van der Waals surface area contributed by atoms with Gasteiger partial charge in [0.25, 0.3) is 0 Å². The standard InChI is InChI=1S/C13H13ClN4O4/c14-9-5-4-8(6-15-9)7-17-12(19)18-10(16-17)2-1-3-11(18)22-13(20)21/h4-6,11H,1-3,7H2,(H,20,21). The lowest BCUT2D eigenvalue weighted by Gasteiger charge is -2.21. The first-order chi connectivity index (χ1) is 10.5. The van der Waals surface area contributed by atoms with Gasteiger partial charge >= 0.3 is 11.8 Å². The monoisotopic (exact) mass is 324 g/mol. The van der Waals surface area contributed by atoms with Crippen LogP contribution in [0, 0.1) is 0 Å². The minimum atomic E-state index is -1.40. The molecule has 1 unspecified atom stereocenters. The Bertz CT molecular complexity index is 752. The van der Waals surface area contributed by atoms with Crippen molar-refractivity contribution in [1.82, 2.24) is 19.3 Å². The summed E-state index contributed by atoms with van der Waals surface area (Å²) in [5, 5.41) is 13.4. The van der Waals surface area contributed by atoms with E-state index in [1.54, 1.807) is 18.3 Å². The number of ether oxygens (including phenoxy) is 1. The number of halogens is 1.